The minimum absolute atomic E-state index is 0.850. The van der Waals surface area contributed by atoms with E-state index in [4.69, 9.17) is 5.21 Å². The number of anilines is 1. The molecule has 1 aromatic rings. The molecule has 0 saturated carbocycles. The zero-order valence-corrected chi connectivity index (χ0v) is 6.20. The Morgan fingerprint density at radius 3 is 2.30 bits per heavy atom. The van der Waals surface area contributed by atoms with Gasteiger partial charge in [-0.2, -0.15) is 0 Å². The van der Waals surface area contributed by atoms with Crippen molar-refractivity contribution in [1.82, 2.24) is 0 Å². The van der Waals surface area contributed by atoms with Gasteiger partial charge in [0, 0.05) is 7.05 Å². The maximum absolute atomic E-state index is 9.04. The summed E-state index contributed by atoms with van der Waals surface area (Å²) in [7, 11) is 1.61. The third-order valence-electron chi connectivity index (χ3n) is 1.46. The predicted octanol–water partition coefficient (Wildman–Crippen LogP) is 1.82. The summed E-state index contributed by atoms with van der Waals surface area (Å²) in [6.07, 6.45) is 0. The van der Waals surface area contributed by atoms with E-state index in [1.807, 2.05) is 31.2 Å². The summed E-state index contributed by atoms with van der Waals surface area (Å²) in [5, 5.41) is 10.2. The van der Waals surface area contributed by atoms with Crippen LogP contribution in [0.4, 0.5) is 5.69 Å². The van der Waals surface area contributed by atoms with E-state index in [0.29, 0.717) is 0 Å². The Labute approximate surface area is 60.7 Å². The normalized spacial score (nSPS) is 9.50. The summed E-state index contributed by atoms with van der Waals surface area (Å²) in [4.78, 5) is 0. The average Bonchev–Trinajstić information content (AvgIpc) is 1.88. The van der Waals surface area contributed by atoms with Crippen molar-refractivity contribution in [2.24, 2.45) is 0 Å². The van der Waals surface area contributed by atoms with Crippen LogP contribution in [0.15, 0.2) is 24.3 Å². The molecule has 0 atom stereocenters. The minimum Gasteiger partial charge on any atom is -0.289 e. The van der Waals surface area contributed by atoms with Gasteiger partial charge in [-0.1, -0.05) is 18.2 Å². The van der Waals surface area contributed by atoms with E-state index in [1.165, 1.54) is 0 Å². The highest BCUT2D eigenvalue weighted by molar-refractivity contribution is 5.49. The zero-order valence-electron chi connectivity index (χ0n) is 6.20. The first-order chi connectivity index (χ1) is 4.72. The van der Waals surface area contributed by atoms with E-state index in [-0.39, 0.29) is 0 Å². The molecule has 0 bridgehead atoms. The van der Waals surface area contributed by atoms with Crippen LogP contribution in [0.25, 0.3) is 0 Å². The Bertz CT molecular complexity index is 220. The fourth-order valence-electron chi connectivity index (χ4n) is 0.927. The summed E-state index contributed by atoms with van der Waals surface area (Å²) in [5.74, 6) is 0. The van der Waals surface area contributed by atoms with Crippen LogP contribution >= 0.6 is 0 Å². The number of hydrogen-bond donors (Lipinski definition) is 1. The van der Waals surface area contributed by atoms with Crippen molar-refractivity contribution in [3.05, 3.63) is 29.8 Å². The Balaban J connectivity index is 3.03. The Kier molecular flexibility index (Phi) is 1.92. The van der Waals surface area contributed by atoms with Gasteiger partial charge in [0.2, 0.25) is 0 Å². The first kappa shape index (κ1) is 7.09. The van der Waals surface area contributed by atoms with Gasteiger partial charge in [0.25, 0.3) is 0 Å². The third kappa shape index (κ3) is 1.28. The molecule has 0 radical (unpaired) electrons. The van der Waals surface area contributed by atoms with E-state index >= 15 is 0 Å². The van der Waals surface area contributed by atoms with E-state index in [1.54, 1.807) is 7.05 Å². The van der Waals surface area contributed by atoms with Crippen molar-refractivity contribution in [3.8, 4) is 0 Å². The molecule has 0 aliphatic rings. The summed E-state index contributed by atoms with van der Waals surface area (Å²) in [6.45, 7) is 1.96. The molecule has 0 aromatic heterocycles. The second-order valence-corrected chi connectivity index (χ2v) is 2.31. The molecule has 2 heteroatoms. The van der Waals surface area contributed by atoms with Crippen LogP contribution in [0.5, 0.6) is 0 Å². The van der Waals surface area contributed by atoms with Crippen molar-refractivity contribution in [1.29, 1.82) is 0 Å². The molecular weight excluding hydrogens is 126 g/mol. The lowest BCUT2D eigenvalue weighted by Crippen LogP contribution is -2.10. The fraction of sp³-hybridized carbons (Fsp3) is 0.250. The van der Waals surface area contributed by atoms with Gasteiger partial charge < -0.3 is 0 Å². The highest BCUT2D eigenvalue weighted by Crippen LogP contribution is 2.15. The lowest BCUT2D eigenvalue weighted by molar-refractivity contribution is 0.279. The lowest BCUT2D eigenvalue weighted by Gasteiger charge is -2.12. The molecule has 0 aliphatic heterocycles. The van der Waals surface area contributed by atoms with Crippen LogP contribution in [-0.4, -0.2) is 12.3 Å². The van der Waals surface area contributed by atoms with E-state index in [0.717, 1.165) is 16.3 Å². The average molecular weight is 137 g/mol. The van der Waals surface area contributed by atoms with E-state index in [2.05, 4.69) is 0 Å². The van der Waals surface area contributed by atoms with Gasteiger partial charge in [0.15, 0.2) is 0 Å². The van der Waals surface area contributed by atoms with Gasteiger partial charge >= 0.3 is 0 Å². The molecular formula is C8H11NO. The molecule has 54 valence electrons. The second-order valence-electron chi connectivity index (χ2n) is 2.31. The number of hydroxylamine groups is 1. The largest absolute Gasteiger partial charge is 0.289 e. The molecule has 1 aromatic carbocycles. The van der Waals surface area contributed by atoms with Crippen LogP contribution in [0.2, 0.25) is 0 Å². The first-order valence-electron chi connectivity index (χ1n) is 3.20. The number of nitrogens with zero attached hydrogens (tertiary/aromatic N) is 1. The van der Waals surface area contributed by atoms with Crippen LogP contribution < -0.4 is 5.06 Å². The van der Waals surface area contributed by atoms with Crippen molar-refractivity contribution < 1.29 is 5.21 Å². The molecule has 0 saturated heterocycles. The fourth-order valence-corrected chi connectivity index (χ4v) is 0.927. The molecule has 0 spiro atoms. The van der Waals surface area contributed by atoms with Crippen LogP contribution in [0, 0.1) is 6.92 Å². The van der Waals surface area contributed by atoms with Crippen molar-refractivity contribution in [2.75, 3.05) is 12.1 Å². The number of aryl methyl sites for hydroxylation is 1. The van der Waals surface area contributed by atoms with Crippen molar-refractivity contribution >= 4 is 5.69 Å². The van der Waals surface area contributed by atoms with Gasteiger partial charge in [0.05, 0.1) is 5.69 Å². The Morgan fingerprint density at radius 1 is 1.30 bits per heavy atom. The van der Waals surface area contributed by atoms with Crippen molar-refractivity contribution in [3.63, 3.8) is 0 Å². The van der Waals surface area contributed by atoms with E-state index in [9.17, 15) is 0 Å². The first-order valence-corrected chi connectivity index (χ1v) is 3.20. The molecule has 2 nitrogen and oxygen atoms in total. The quantitative estimate of drug-likeness (QED) is 0.597. The zero-order chi connectivity index (χ0) is 7.56. The molecule has 0 aliphatic carbocycles. The highest BCUT2D eigenvalue weighted by Gasteiger charge is 1.97. The summed E-state index contributed by atoms with van der Waals surface area (Å²) in [5.41, 5.74) is 1.93. The monoisotopic (exact) mass is 137 g/mol. The van der Waals surface area contributed by atoms with Crippen LogP contribution in [0.3, 0.4) is 0 Å². The van der Waals surface area contributed by atoms with Gasteiger partial charge in [-0.15, -0.1) is 0 Å². The van der Waals surface area contributed by atoms with Crippen molar-refractivity contribution in [2.45, 2.75) is 6.92 Å². The summed E-state index contributed by atoms with van der Waals surface area (Å²) in [6, 6.07) is 7.68. The van der Waals surface area contributed by atoms with E-state index < -0.39 is 0 Å². The Hall–Kier alpha value is -1.02. The topological polar surface area (TPSA) is 23.5 Å². The van der Waals surface area contributed by atoms with Gasteiger partial charge in [-0.05, 0) is 18.6 Å². The lowest BCUT2D eigenvalue weighted by atomic mass is 10.2. The third-order valence-corrected chi connectivity index (χ3v) is 1.46. The molecule has 0 heterocycles. The second kappa shape index (κ2) is 2.71. The smallest absolute Gasteiger partial charge is 0.0659 e. The SMILES string of the molecule is Cc1ccccc1N(C)O. The maximum atomic E-state index is 9.04. The van der Waals surface area contributed by atoms with Gasteiger partial charge in [0.1, 0.15) is 0 Å². The summed E-state index contributed by atoms with van der Waals surface area (Å²) >= 11 is 0. The maximum Gasteiger partial charge on any atom is 0.0659 e. The van der Waals surface area contributed by atoms with Gasteiger partial charge in [-0.3, -0.25) is 10.3 Å². The minimum atomic E-state index is 0.850. The number of hydrogen-bond acceptors (Lipinski definition) is 2. The standard InChI is InChI=1S/C8H11NO/c1-7-5-3-4-6-8(7)9(2)10/h3-6,10H,1-2H3. The molecule has 0 amide bonds. The molecule has 1 N–H and O–H groups in total. The predicted molar refractivity (Wildman–Crippen MR) is 41.4 cm³/mol. The Morgan fingerprint density at radius 2 is 1.90 bits per heavy atom. The summed E-state index contributed by atoms with van der Waals surface area (Å²) < 4.78 is 0. The van der Waals surface area contributed by atoms with Crippen LogP contribution in [-0.2, 0) is 0 Å². The number of rotatable bonds is 1. The molecule has 10 heavy (non-hydrogen) atoms. The van der Waals surface area contributed by atoms with Gasteiger partial charge in [-0.25, -0.2) is 0 Å². The number of benzene rings is 1. The molecule has 0 unspecified atom stereocenters. The number of para-hydroxylation sites is 1. The molecule has 1 rings (SSSR count). The molecule has 0 fully saturated rings. The van der Waals surface area contributed by atoms with Crippen LogP contribution in [0.1, 0.15) is 5.56 Å². The highest BCUT2D eigenvalue weighted by atomic mass is 16.5.